The lowest BCUT2D eigenvalue weighted by atomic mass is 10.1. The Bertz CT molecular complexity index is 1220. The van der Waals surface area contributed by atoms with Gasteiger partial charge in [0.2, 0.25) is 5.95 Å². The number of ether oxygens (including phenoxy) is 1. The Morgan fingerprint density at radius 2 is 2.03 bits per heavy atom. The van der Waals surface area contributed by atoms with Gasteiger partial charge in [-0.2, -0.15) is 0 Å². The smallest absolute Gasteiger partial charge is 0.328 e. The van der Waals surface area contributed by atoms with E-state index < -0.39 is 17.5 Å². The highest BCUT2D eigenvalue weighted by molar-refractivity contribution is 6.31. The van der Waals surface area contributed by atoms with Crippen LogP contribution in [-0.2, 0) is 9.53 Å². The summed E-state index contributed by atoms with van der Waals surface area (Å²) in [5, 5.41) is 12.2. The van der Waals surface area contributed by atoms with E-state index in [0.29, 0.717) is 24.7 Å². The average molecular weight is 483 g/mol. The molecule has 0 aliphatic carbocycles. The van der Waals surface area contributed by atoms with Crippen LogP contribution in [0.3, 0.4) is 0 Å². The van der Waals surface area contributed by atoms with Gasteiger partial charge in [0, 0.05) is 36.3 Å². The summed E-state index contributed by atoms with van der Waals surface area (Å²) in [7, 11) is 0. The number of carboxylic acids is 1. The second kappa shape index (κ2) is 9.79. The molecule has 176 valence electrons. The van der Waals surface area contributed by atoms with E-state index in [-0.39, 0.29) is 11.1 Å². The van der Waals surface area contributed by atoms with Crippen molar-refractivity contribution in [1.29, 1.82) is 0 Å². The number of nitrogens with zero attached hydrogens (tertiary/aromatic N) is 3. The molecular weight excluding hydrogens is 459 g/mol. The molecule has 34 heavy (non-hydrogen) atoms. The van der Waals surface area contributed by atoms with Crippen molar-refractivity contribution in [1.82, 2.24) is 9.97 Å². The van der Waals surface area contributed by atoms with Crippen molar-refractivity contribution >= 4 is 35.3 Å². The molecule has 2 heterocycles. The SMILES string of the molecule is CC1CN(c2ncc(-c3cccc(C=CC(=O)O)c3)cn2)CC(C)(Nc2ccc(F)c(Cl)c2)O1. The molecular formula is C25H24ClFN4O3. The second-order valence-corrected chi connectivity index (χ2v) is 8.77. The summed E-state index contributed by atoms with van der Waals surface area (Å²) in [5.41, 5.74) is 2.35. The molecule has 1 aliphatic heterocycles. The van der Waals surface area contributed by atoms with Crippen molar-refractivity contribution < 1.29 is 19.0 Å². The maximum Gasteiger partial charge on any atom is 0.328 e. The predicted octanol–water partition coefficient (Wildman–Crippen LogP) is 5.09. The van der Waals surface area contributed by atoms with Gasteiger partial charge in [-0.25, -0.2) is 19.2 Å². The van der Waals surface area contributed by atoms with E-state index in [1.807, 2.05) is 43.0 Å². The van der Waals surface area contributed by atoms with Crippen LogP contribution in [0.25, 0.3) is 17.2 Å². The molecule has 2 atom stereocenters. The van der Waals surface area contributed by atoms with Gasteiger partial charge in [0.15, 0.2) is 5.72 Å². The fourth-order valence-electron chi connectivity index (χ4n) is 3.98. The Balaban J connectivity index is 1.51. The molecule has 1 aliphatic rings. The van der Waals surface area contributed by atoms with Gasteiger partial charge in [0.1, 0.15) is 5.82 Å². The number of rotatable bonds is 6. The molecule has 1 saturated heterocycles. The molecule has 0 spiro atoms. The second-order valence-electron chi connectivity index (χ2n) is 8.36. The van der Waals surface area contributed by atoms with Crippen molar-refractivity contribution in [3.63, 3.8) is 0 Å². The Kier molecular flexibility index (Phi) is 6.81. The first-order valence-corrected chi connectivity index (χ1v) is 11.1. The van der Waals surface area contributed by atoms with Crippen molar-refractivity contribution in [3.8, 4) is 11.1 Å². The standard InChI is InChI=1S/C25H24ClFN4O3/c1-16-14-31(15-25(2,34-16)30-20-7-8-22(27)21(26)11-20)24-28-12-19(13-29-24)18-5-3-4-17(10-18)6-9-23(32)33/h3-13,16,30H,14-15H2,1-2H3,(H,32,33). The maximum atomic E-state index is 13.5. The van der Waals surface area contributed by atoms with Gasteiger partial charge in [-0.15, -0.1) is 0 Å². The van der Waals surface area contributed by atoms with Gasteiger partial charge < -0.3 is 20.1 Å². The third-order valence-electron chi connectivity index (χ3n) is 5.32. The third kappa shape index (κ3) is 5.70. The minimum absolute atomic E-state index is 0.0377. The normalized spacial score (nSPS) is 20.5. The van der Waals surface area contributed by atoms with Crippen molar-refractivity contribution in [2.75, 3.05) is 23.3 Å². The minimum atomic E-state index is -0.998. The van der Waals surface area contributed by atoms with E-state index in [0.717, 1.165) is 22.8 Å². The zero-order valence-corrected chi connectivity index (χ0v) is 19.5. The van der Waals surface area contributed by atoms with Crippen LogP contribution in [0.4, 0.5) is 16.0 Å². The first-order valence-electron chi connectivity index (χ1n) is 10.7. The lowest BCUT2D eigenvalue weighted by Crippen LogP contribution is -2.57. The Morgan fingerprint density at radius 1 is 1.26 bits per heavy atom. The average Bonchev–Trinajstić information content (AvgIpc) is 2.80. The summed E-state index contributed by atoms with van der Waals surface area (Å²) in [6, 6.07) is 11.9. The summed E-state index contributed by atoms with van der Waals surface area (Å²) in [6.45, 7) is 4.95. The van der Waals surface area contributed by atoms with Crippen molar-refractivity contribution in [3.05, 3.63) is 77.3 Å². The number of carbonyl (C=O) groups is 1. The van der Waals surface area contributed by atoms with Crippen molar-refractivity contribution in [2.45, 2.75) is 25.7 Å². The molecule has 0 radical (unpaired) electrons. The van der Waals surface area contributed by atoms with Crippen molar-refractivity contribution in [2.24, 2.45) is 0 Å². The van der Waals surface area contributed by atoms with Gasteiger partial charge in [-0.3, -0.25) is 0 Å². The number of hydrogen-bond donors (Lipinski definition) is 2. The number of aliphatic carboxylic acids is 1. The fraction of sp³-hybridized carbons (Fsp3) is 0.240. The topological polar surface area (TPSA) is 87.6 Å². The van der Waals surface area contributed by atoms with E-state index in [9.17, 15) is 9.18 Å². The molecule has 0 bridgehead atoms. The van der Waals surface area contributed by atoms with E-state index >= 15 is 0 Å². The molecule has 2 aromatic carbocycles. The van der Waals surface area contributed by atoms with E-state index in [1.165, 1.54) is 18.2 Å². The van der Waals surface area contributed by atoms with Gasteiger partial charge in [0.25, 0.3) is 0 Å². The zero-order chi connectivity index (χ0) is 24.3. The summed E-state index contributed by atoms with van der Waals surface area (Å²) in [6.07, 6.45) is 6.02. The highest BCUT2D eigenvalue weighted by Crippen LogP contribution is 2.29. The number of aromatic nitrogens is 2. The van der Waals surface area contributed by atoms with Crippen LogP contribution in [-0.4, -0.2) is 46.0 Å². The predicted molar refractivity (Wildman–Crippen MR) is 130 cm³/mol. The van der Waals surface area contributed by atoms with Crippen LogP contribution in [0.2, 0.25) is 5.02 Å². The zero-order valence-electron chi connectivity index (χ0n) is 18.7. The highest BCUT2D eigenvalue weighted by Gasteiger charge is 2.36. The Hall–Kier alpha value is -3.49. The lowest BCUT2D eigenvalue weighted by Gasteiger charge is -2.44. The van der Waals surface area contributed by atoms with E-state index in [1.54, 1.807) is 18.5 Å². The van der Waals surface area contributed by atoms with Crippen LogP contribution in [0.5, 0.6) is 0 Å². The number of hydrogen-bond acceptors (Lipinski definition) is 6. The molecule has 9 heteroatoms. The molecule has 2 unspecified atom stereocenters. The quantitative estimate of drug-likeness (QED) is 0.473. The number of anilines is 2. The van der Waals surface area contributed by atoms with Gasteiger partial charge in [-0.05, 0) is 55.3 Å². The van der Waals surface area contributed by atoms with Crippen LogP contribution < -0.4 is 10.2 Å². The summed E-state index contributed by atoms with van der Waals surface area (Å²) in [5.74, 6) is -0.915. The number of halogens is 2. The first-order chi connectivity index (χ1) is 16.2. The first kappa shape index (κ1) is 23.7. The maximum absolute atomic E-state index is 13.5. The molecule has 2 N–H and O–H groups in total. The number of benzene rings is 2. The summed E-state index contributed by atoms with van der Waals surface area (Å²) >= 11 is 5.92. The molecule has 1 aromatic heterocycles. The van der Waals surface area contributed by atoms with Gasteiger partial charge in [-0.1, -0.05) is 29.8 Å². The van der Waals surface area contributed by atoms with Crippen LogP contribution in [0.15, 0.2) is 60.9 Å². The van der Waals surface area contributed by atoms with Gasteiger partial charge in [0.05, 0.1) is 17.7 Å². The molecule has 7 nitrogen and oxygen atoms in total. The van der Waals surface area contributed by atoms with Crippen LogP contribution in [0.1, 0.15) is 19.4 Å². The van der Waals surface area contributed by atoms with Crippen LogP contribution in [0, 0.1) is 5.82 Å². The molecule has 1 fully saturated rings. The number of nitrogens with one attached hydrogen (secondary N) is 1. The molecule has 4 rings (SSSR count). The minimum Gasteiger partial charge on any atom is -0.478 e. The summed E-state index contributed by atoms with van der Waals surface area (Å²) < 4.78 is 19.7. The lowest BCUT2D eigenvalue weighted by molar-refractivity contribution is -0.131. The third-order valence-corrected chi connectivity index (χ3v) is 5.61. The highest BCUT2D eigenvalue weighted by atomic mass is 35.5. The number of morpholine rings is 1. The monoisotopic (exact) mass is 482 g/mol. The summed E-state index contributed by atoms with van der Waals surface area (Å²) in [4.78, 5) is 21.9. The molecule has 0 amide bonds. The number of carboxylic acid groups (broad SMARTS) is 1. The van der Waals surface area contributed by atoms with E-state index in [4.69, 9.17) is 21.4 Å². The fourth-order valence-corrected chi connectivity index (χ4v) is 4.16. The Morgan fingerprint density at radius 3 is 2.74 bits per heavy atom. The Labute approximate surface area is 201 Å². The molecule has 0 saturated carbocycles. The largest absolute Gasteiger partial charge is 0.478 e. The van der Waals surface area contributed by atoms with Crippen LogP contribution >= 0.6 is 11.6 Å². The van der Waals surface area contributed by atoms with Gasteiger partial charge >= 0.3 is 5.97 Å². The molecule has 3 aromatic rings. The van der Waals surface area contributed by atoms with E-state index in [2.05, 4.69) is 15.3 Å².